The lowest BCUT2D eigenvalue weighted by Crippen LogP contribution is -1.91. The lowest BCUT2D eigenvalue weighted by molar-refractivity contribution is 0.402. The van der Waals surface area contributed by atoms with Gasteiger partial charge in [0.25, 0.3) is 0 Å². The molecule has 0 atom stereocenters. The molecule has 0 aliphatic rings. The first-order chi connectivity index (χ1) is 8.51. The smallest absolute Gasteiger partial charge is 0.176 e. The lowest BCUT2D eigenvalue weighted by atomic mass is 9.99. The summed E-state index contributed by atoms with van der Waals surface area (Å²) in [5, 5.41) is 37.0. The highest BCUT2D eigenvalue weighted by Gasteiger charge is 2.15. The summed E-state index contributed by atoms with van der Waals surface area (Å²) in [6, 6.07) is 4.87. The molecule has 0 saturated heterocycles. The molecule has 0 aliphatic carbocycles. The standard InChI is InChI=1S/C14H14N2O2/c1-9(2)4-3-5-11-10(7-15)6-13(17)14(18)12(11)8-16/h3,5-6,9,17-18H,4H2,1-2H3/b5-3+. The summed E-state index contributed by atoms with van der Waals surface area (Å²) >= 11 is 0. The molecular weight excluding hydrogens is 228 g/mol. The van der Waals surface area contributed by atoms with E-state index in [2.05, 4.69) is 13.8 Å². The van der Waals surface area contributed by atoms with E-state index in [9.17, 15) is 10.2 Å². The second-order valence-corrected chi connectivity index (χ2v) is 4.34. The van der Waals surface area contributed by atoms with Gasteiger partial charge in [-0.05, 0) is 12.3 Å². The zero-order valence-corrected chi connectivity index (χ0v) is 10.3. The number of nitrogens with zero attached hydrogens (tertiary/aromatic N) is 2. The van der Waals surface area contributed by atoms with Gasteiger partial charge in [-0.3, -0.25) is 0 Å². The van der Waals surface area contributed by atoms with Gasteiger partial charge in [-0.15, -0.1) is 0 Å². The summed E-state index contributed by atoms with van der Waals surface area (Å²) in [4.78, 5) is 0. The number of benzene rings is 1. The summed E-state index contributed by atoms with van der Waals surface area (Å²) in [6.07, 6.45) is 4.28. The Morgan fingerprint density at radius 1 is 1.28 bits per heavy atom. The summed E-state index contributed by atoms with van der Waals surface area (Å²) in [6.45, 7) is 4.10. The maximum atomic E-state index is 9.59. The maximum Gasteiger partial charge on any atom is 0.176 e. The molecule has 2 N–H and O–H groups in total. The zero-order valence-electron chi connectivity index (χ0n) is 10.3. The Hall–Kier alpha value is -2.46. The molecule has 18 heavy (non-hydrogen) atoms. The van der Waals surface area contributed by atoms with Crippen molar-refractivity contribution < 1.29 is 10.2 Å². The number of hydrogen-bond donors (Lipinski definition) is 2. The molecule has 1 aromatic carbocycles. The average Bonchev–Trinajstić information content (AvgIpc) is 2.33. The number of hydrogen-bond acceptors (Lipinski definition) is 4. The summed E-state index contributed by atoms with van der Waals surface area (Å²) in [5.41, 5.74) is 0.435. The minimum Gasteiger partial charge on any atom is -0.504 e. The van der Waals surface area contributed by atoms with Crippen molar-refractivity contribution in [3.05, 3.63) is 28.8 Å². The normalized spacial score (nSPS) is 10.5. The molecule has 1 rings (SSSR count). The van der Waals surface area contributed by atoms with Crippen LogP contribution in [0.15, 0.2) is 12.1 Å². The van der Waals surface area contributed by atoms with Crippen LogP contribution in [-0.2, 0) is 0 Å². The molecule has 0 unspecified atom stereocenters. The van der Waals surface area contributed by atoms with E-state index in [4.69, 9.17) is 10.5 Å². The topological polar surface area (TPSA) is 88.0 Å². The highest BCUT2D eigenvalue weighted by molar-refractivity contribution is 5.71. The molecule has 0 radical (unpaired) electrons. The van der Waals surface area contributed by atoms with Crippen molar-refractivity contribution in [1.82, 2.24) is 0 Å². The van der Waals surface area contributed by atoms with Gasteiger partial charge in [0.2, 0.25) is 0 Å². The van der Waals surface area contributed by atoms with E-state index < -0.39 is 11.5 Å². The fraction of sp³-hybridized carbons (Fsp3) is 0.286. The molecule has 92 valence electrons. The second kappa shape index (κ2) is 5.75. The molecule has 0 saturated carbocycles. The third-order valence-electron chi connectivity index (χ3n) is 2.44. The monoisotopic (exact) mass is 242 g/mol. The minimum atomic E-state index is -0.485. The highest BCUT2D eigenvalue weighted by Crippen LogP contribution is 2.34. The first-order valence-electron chi connectivity index (χ1n) is 5.56. The number of allylic oxidation sites excluding steroid dienone is 1. The summed E-state index contributed by atoms with van der Waals surface area (Å²) < 4.78 is 0. The Bertz CT molecular complexity index is 561. The van der Waals surface area contributed by atoms with Crippen LogP contribution in [0.3, 0.4) is 0 Å². The van der Waals surface area contributed by atoms with Crippen molar-refractivity contribution in [3.8, 4) is 23.6 Å². The van der Waals surface area contributed by atoms with E-state index in [1.165, 1.54) is 0 Å². The van der Waals surface area contributed by atoms with E-state index in [0.717, 1.165) is 12.5 Å². The largest absolute Gasteiger partial charge is 0.504 e. The van der Waals surface area contributed by atoms with Crippen LogP contribution in [-0.4, -0.2) is 10.2 Å². The van der Waals surface area contributed by atoms with E-state index in [0.29, 0.717) is 11.5 Å². The molecule has 0 amide bonds. The molecule has 0 bridgehead atoms. The Balaban J connectivity index is 3.33. The Morgan fingerprint density at radius 3 is 2.44 bits per heavy atom. The Labute approximate surface area is 106 Å². The van der Waals surface area contributed by atoms with Gasteiger partial charge in [0, 0.05) is 11.6 Å². The fourth-order valence-electron chi connectivity index (χ4n) is 1.51. The molecule has 0 aromatic heterocycles. The van der Waals surface area contributed by atoms with Gasteiger partial charge < -0.3 is 10.2 Å². The predicted octanol–water partition coefficient (Wildman–Crippen LogP) is 2.90. The van der Waals surface area contributed by atoms with Crippen LogP contribution < -0.4 is 0 Å². The van der Waals surface area contributed by atoms with E-state index >= 15 is 0 Å². The van der Waals surface area contributed by atoms with Crippen LogP contribution in [0.5, 0.6) is 11.5 Å². The minimum absolute atomic E-state index is 0.0773. The van der Waals surface area contributed by atoms with Crippen molar-refractivity contribution in [1.29, 1.82) is 10.5 Å². The van der Waals surface area contributed by atoms with Crippen molar-refractivity contribution >= 4 is 6.08 Å². The second-order valence-electron chi connectivity index (χ2n) is 4.34. The number of rotatable bonds is 3. The molecule has 4 nitrogen and oxygen atoms in total. The third kappa shape index (κ3) is 2.81. The molecule has 0 heterocycles. The van der Waals surface area contributed by atoms with Gasteiger partial charge in [0.05, 0.1) is 11.6 Å². The van der Waals surface area contributed by atoms with Crippen LogP contribution in [0.25, 0.3) is 6.08 Å². The molecular formula is C14H14N2O2. The van der Waals surface area contributed by atoms with E-state index in [1.807, 2.05) is 12.1 Å². The predicted molar refractivity (Wildman–Crippen MR) is 67.7 cm³/mol. The number of phenolic OH excluding ortho intramolecular Hbond substituents is 2. The Morgan fingerprint density at radius 2 is 1.94 bits per heavy atom. The van der Waals surface area contributed by atoms with Crippen LogP contribution >= 0.6 is 0 Å². The van der Waals surface area contributed by atoms with Crippen molar-refractivity contribution in [3.63, 3.8) is 0 Å². The molecule has 0 fully saturated rings. The third-order valence-corrected chi connectivity index (χ3v) is 2.44. The van der Waals surface area contributed by atoms with Gasteiger partial charge in [-0.1, -0.05) is 26.0 Å². The van der Waals surface area contributed by atoms with E-state index in [-0.39, 0.29) is 11.1 Å². The quantitative estimate of drug-likeness (QED) is 0.797. The van der Waals surface area contributed by atoms with Gasteiger partial charge in [0.1, 0.15) is 11.6 Å². The van der Waals surface area contributed by atoms with Crippen molar-refractivity contribution in [2.75, 3.05) is 0 Å². The van der Waals surface area contributed by atoms with Gasteiger partial charge >= 0.3 is 0 Å². The van der Waals surface area contributed by atoms with Gasteiger partial charge in [-0.25, -0.2) is 0 Å². The molecule has 0 aliphatic heterocycles. The highest BCUT2D eigenvalue weighted by atomic mass is 16.3. The summed E-state index contributed by atoms with van der Waals surface area (Å²) in [7, 11) is 0. The summed E-state index contributed by atoms with van der Waals surface area (Å²) in [5.74, 6) is -0.479. The van der Waals surface area contributed by atoms with Crippen LogP contribution in [0.4, 0.5) is 0 Å². The van der Waals surface area contributed by atoms with Crippen LogP contribution in [0.1, 0.15) is 37.0 Å². The van der Waals surface area contributed by atoms with Gasteiger partial charge in [0.15, 0.2) is 11.5 Å². The fourth-order valence-corrected chi connectivity index (χ4v) is 1.51. The Kier molecular flexibility index (Phi) is 4.34. The number of phenols is 2. The zero-order chi connectivity index (χ0) is 13.7. The first kappa shape index (κ1) is 13.6. The van der Waals surface area contributed by atoms with Crippen molar-refractivity contribution in [2.45, 2.75) is 20.3 Å². The van der Waals surface area contributed by atoms with Crippen LogP contribution in [0, 0.1) is 28.6 Å². The SMILES string of the molecule is CC(C)C/C=C/c1c(C#N)cc(O)c(O)c1C#N. The van der Waals surface area contributed by atoms with Gasteiger partial charge in [-0.2, -0.15) is 10.5 Å². The lowest BCUT2D eigenvalue weighted by Gasteiger charge is -2.06. The maximum absolute atomic E-state index is 9.59. The molecule has 1 aromatic rings. The average molecular weight is 242 g/mol. The molecule has 4 heteroatoms. The first-order valence-corrected chi connectivity index (χ1v) is 5.56. The molecule has 0 spiro atoms. The van der Waals surface area contributed by atoms with E-state index in [1.54, 1.807) is 12.1 Å². The van der Waals surface area contributed by atoms with Crippen LogP contribution in [0.2, 0.25) is 0 Å². The number of aromatic hydroxyl groups is 2. The number of nitriles is 2. The van der Waals surface area contributed by atoms with Crippen molar-refractivity contribution in [2.24, 2.45) is 5.92 Å².